The molecular formula is C10H12ClNO2. The van der Waals surface area contributed by atoms with Crippen molar-refractivity contribution in [3.8, 4) is 5.75 Å². The molecule has 0 spiro atoms. The van der Waals surface area contributed by atoms with Gasteiger partial charge >= 0.3 is 0 Å². The third-order valence-electron chi connectivity index (χ3n) is 1.61. The smallest absolute Gasteiger partial charge is 0.170 e. The average Bonchev–Trinajstić information content (AvgIpc) is 2.15. The summed E-state index contributed by atoms with van der Waals surface area (Å²) in [7, 11) is 0. The van der Waals surface area contributed by atoms with E-state index in [0.29, 0.717) is 17.2 Å². The zero-order chi connectivity index (χ0) is 10.4. The van der Waals surface area contributed by atoms with Gasteiger partial charge in [-0.05, 0) is 6.42 Å². The zero-order valence-electron chi connectivity index (χ0n) is 8.00. The van der Waals surface area contributed by atoms with Crippen LogP contribution in [0.3, 0.4) is 0 Å². The number of ether oxygens (including phenoxy) is 1. The monoisotopic (exact) mass is 213 g/mol. The number of Topliss-reactive ketones (excluding diaryl/α,β-unsaturated/α-hetero) is 1. The molecule has 0 fully saturated rings. The van der Waals surface area contributed by atoms with Crippen LogP contribution in [-0.2, 0) is 4.79 Å². The zero-order valence-corrected chi connectivity index (χ0v) is 8.75. The van der Waals surface area contributed by atoms with Crippen LogP contribution in [0.4, 0.5) is 0 Å². The molecule has 0 aliphatic rings. The summed E-state index contributed by atoms with van der Waals surface area (Å²) in [6.07, 6.45) is 4.44. The molecule has 3 nitrogen and oxygen atoms in total. The standard InChI is InChI=1S/C10H12ClNO2/c1-2-3-9(13)7-14-10-4-8(11)5-12-6-10/h4-6H,2-3,7H2,1H3. The van der Waals surface area contributed by atoms with Gasteiger partial charge in [0.1, 0.15) is 12.4 Å². The predicted molar refractivity (Wildman–Crippen MR) is 54.7 cm³/mol. The molecule has 0 aliphatic heterocycles. The van der Waals surface area contributed by atoms with Gasteiger partial charge in [-0.3, -0.25) is 9.78 Å². The Morgan fingerprint density at radius 1 is 1.57 bits per heavy atom. The van der Waals surface area contributed by atoms with Gasteiger partial charge in [-0.15, -0.1) is 0 Å². The van der Waals surface area contributed by atoms with E-state index in [-0.39, 0.29) is 12.4 Å². The summed E-state index contributed by atoms with van der Waals surface area (Å²) in [5.74, 6) is 0.620. The molecule has 0 unspecified atom stereocenters. The van der Waals surface area contributed by atoms with Crippen molar-refractivity contribution in [2.24, 2.45) is 0 Å². The fourth-order valence-electron chi connectivity index (χ4n) is 0.986. The van der Waals surface area contributed by atoms with Crippen LogP contribution >= 0.6 is 11.6 Å². The molecule has 1 heterocycles. The molecule has 1 aromatic heterocycles. The first-order valence-corrected chi connectivity index (χ1v) is 4.85. The second-order valence-corrected chi connectivity index (χ2v) is 3.35. The molecule has 0 saturated heterocycles. The highest BCUT2D eigenvalue weighted by molar-refractivity contribution is 6.30. The third-order valence-corrected chi connectivity index (χ3v) is 1.82. The molecule has 0 bridgehead atoms. The maximum Gasteiger partial charge on any atom is 0.170 e. The van der Waals surface area contributed by atoms with Gasteiger partial charge in [0.25, 0.3) is 0 Å². The summed E-state index contributed by atoms with van der Waals surface area (Å²) in [6.45, 7) is 2.05. The van der Waals surface area contributed by atoms with Gasteiger partial charge < -0.3 is 4.74 Å². The molecular weight excluding hydrogens is 202 g/mol. The van der Waals surface area contributed by atoms with Crippen molar-refractivity contribution in [3.05, 3.63) is 23.5 Å². The topological polar surface area (TPSA) is 39.2 Å². The predicted octanol–water partition coefficient (Wildman–Crippen LogP) is 2.48. The summed E-state index contributed by atoms with van der Waals surface area (Å²) < 4.78 is 5.20. The van der Waals surface area contributed by atoms with Crippen LogP contribution in [-0.4, -0.2) is 17.4 Å². The van der Waals surface area contributed by atoms with Crippen LogP contribution < -0.4 is 4.74 Å². The van der Waals surface area contributed by atoms with E-state index in [4.69, 9.17) is 16.3 Å². The SMILES string of the molecule is CCCC(=O)COc1cncc(Cl)c1. The molecule has 0 atom stereocenters. The average molecular weight is 214 g/mol. The Bertz CT molecular complexity index is 315. The largest absolute Gasteiger partial charge is 0.484 e. The van der Waals surface area contributed by atoms with Gasteiger partial charge in [-0.1, -0.05) is 18.5 Å². The highest BCUT2D eigenvalue weighted by atomic mass is 35.5. The van der Waals surface area contributed by atoms with E-state index in [1.165, 1.54) is 12.4 Å². The number of aromatic nitrogens is 1. The minimum absolute atomic E-state index is 0.0903. The second-order valence-electron chi connectivity index (χ2n) is 2.92. The van der Waals surface area contributed by atoms with Crippen LogP contribution in [0.15, 0.2) is 18.5 Å². The van der Waals surface area contributed by atoms with E-state index in [1.54, 1.807) is 6.07 Å². The van der Waals surface area contributed by atoms with Crippen LogP contribution in [0.25, 0.3) is 0 Å². The van der Waals surface area contributed by atoms with Gasteiger partial charge in [0, 0.05) is 18.7 Å². The molecule has 1 rings (SSSR count). The normalized spacial score (nSPS) is 9.86. The summed E-state index contributed by atoms with van der Waals surface area (Å²) in [6, 6.07) is 1.63. The van der Waals surface area contributed by atoms with Crippen molar-refractivity contribution in [2.75, 3.05) is 6.61 Å². The Morgan fingerprint density at radius 3 is 3.00 bits per heavy atom. The second kappa shape index (κ2) is 5.60. The minimum atomic E-state index is 0.0903. The first kappa shape index (κ1) is 11.0. The molecule has 76 valence electrons. The van der Waals surface area contributed by atoms with E-state index < -0.39 is 0 Å². The maximum atomic E-state index is 11.1. The van der Waals surface area contributed by atoms with Gasteiger partial charge in [0.2, 0.25) is 0 Å². The number of halogens is 1. The minimum Gasteiger partial charge on any atom is -0.484 e. The molecule has 1 aromatic rings. The molecule has 14 heavy (non-hydrogen) atoms. The van der Waals surface area contributed by atoms with Crippen molar-refractivity contribution in [1.29, 1.82) is 0 Å². The van der Waals surface area contributed by atoms with Crippen molar-refractivity contribution < 1.29 is 9.53 Å². The maximum absolute atomic E-state index is 11.1. The number of hydrogen-bond donors (Lipinski definition) is 0. The van der Waals surface area contributed by atoms with E-state index >= 15 is 0 Å². The Labute approximate surface area is 88.1 Å². The Balaban J connectivity index is 2.41. The van der Waals surface area contributed by atoms with E-state index in [9.17, 15) is 4.79 Å². The molecule has 0 aliphatic carbocycles. The van der Waals surface area contributed by atoms with Crippen LogP contribution in [0, 0.1) is 0 Å². The fraction of sp³-hybridized carbons (Fsp3) is 0.400. The first-order chi connectivity index (χ1) is 6.72. The van der Waals surface area contributed by atoms with E-state index in [1.807, 2.05) is 6.92 Å². The number of ketones is 1. The molecule has 0 amide bonds. The molecule has 0 N–H and O–H groups in total. The van der Waals surface area contributed by atoms with Gasteiger partial charge in [0.05, 0.1) is 11.2 Å². The van der Waals surface area contributed by atoms with Crippen LogP contribution in [0.5, 0.6) is 5.75 Å². The van der Waals surface area contributed by atoms with E-state index in [2.05, 4.69) is 4.98 Å². The number of carbonyl (C=O) groups excluding carboxylic acids is 1. The quantitative estimate of drug-likeness (QED) is 0.755. The Morgan fingerprint density at radius 2 is 2.36 bits per heavy atom. The molecule has 0 saturated carbocycles. The highest BCUT2D eigenvalue weighted by Crippen LogP contribution is 2.14. The number of hydrogen-bond acceptors (Lipinski definition) is 3. The lowest BCUT2D eigenvalue weighted by molar-refractivity contribution is -0.121. The number of nitrogens with zero attached hydrogens (tertiary/aromatic N) is 1. The number of rotatable bonds is 5. The lowest BCUT2D eigenvalue weighted by Gasteiger charge is -2.04. The number of pyridine rings is 1. The Kier molecular flexibility index (Phi) is 4.40. The molecule has 0 aromatic carbocycles. The van der Waals surface area contributed by atoms with Gasteiger partial charge in [-0.2, -0.15) is 0 Å². The van der Waals surface area contributed by atoms with E-state index in [0.717, 1.165) is 6.42 Å². The molecule has 4 heteroatoms. The first-order valence-electron chi connectivity index (χ1n) is 4.47. The summed E-state index contributed by atoms with van der Waals surface area (Å²) in [5.41, 5.74) is 0. The van der Waals surface area contributed by atoms with Gasteiger partial charge in [0.15, 0.2) is 5.78 Å². The van der Waals surface area contributed by atoms with Crippen LogP contribution in [0.1, 0.15) is 19.8 Å². The fourth-order valence-corrected chi connectivity index (χ4v) is 1.15. The molecule has 0 radical (unpaired) electrons. The van der Waals surface area contributed by atoms with Crippen LogP contribution in [0.2, 0.25) is 5.02 Å². The summed E-state index contributed by atoms with van der Waals surface area (Å²) in [4.78, 5) is 15.0. The van der Waals surface area contributed by atoms with Crippen molar-refractivity contribution in [2.45, 2.75) is 19.8 Å². The highest BCUT2D eigenvalue weighted by Gasteiger charge is 2.02. The summed E-state index contributed by atoms with van der Waals surface area (Å²) in [5, 5.41) is 0.505. The summed E-state index contributed by atoms with van der Waals surface area (Å²) >= 11 is 5.69. The Hall–Kier alpha value is -1.09. The third kappa shape index (κ3) is 3.75. The van der Waals surface area contributed by atoms with Crippen molar-refractivity contribution in [3.63, 3.8) is 0 Å². The van der Waals surface area contributed by atoms with Crippen molar-refractivity contribution >= 4 is 17.4 Å². The number of carbonyl (C=O) groups is 1. The lowest BCUT2D eigenvalue weighted by atomic mass is 10.2. The van der Waals surface area contributed by atoms with Crippen molar-refractivity contribution in [1.82, 2.24) is 4.98 Å². The lowest BCUT2D eigenvalue weighted by Crippen LogP contribution is -2.10. The van der Waals surface area contributed by atoms with Gasteiger partial charge in [-0.25, -0.2) is 0 Å².